The van der Waals surface area contributed by atoms with Gasteiger partial charge in [-0.2, -0.15) is 4.31 Å². The summed E-state index contributed by atoms with van der Waals surface area (Å²) in [5.74, 6) is 0. The first kappa shape index (κ1) is 19.4. The number of benzene rings is 1. The molecular weight excluding hydrogens is 396 g/mol. The Kier molecular flexibility index (Phi) is 5.39. The van der Waals surface area contributed by atoms with Crippen LogP contribution in [0.2, 0.25) is 0 Å². The van der Waals surface area contributed by atoms with Crippen molar-refractivity contribution in [1.29, 1.82) is 0 Å². The van der Waals surface area contributed by atoms with Crippen molar-refractivity contribution in [3.8, 4) is 0 Å². The maximum atomic E-state index is 13.0. The molecule has 4 rings (SSSR count). The SMILES string of the molecule is Cc1csc(NC(=O)N2CCN(S(=O)(=O)c3ccc4c(c3)CCCC4)CC2)n1. The topological polar surface area (TPSA) is 82.6 Å². The number of aromatic nitrogens is 1. The fourth-order valence-corrected chi connectivity index (χ4v) is 5.88. The third kappa shape index (κ3) is 3.92. The number of fused-ring (bicyclic) bond motifs is 1. The van der Waals surface area contributed by atoms with Gasteiger partial charge in [-0.25, -0.2) is 18.2 Å². The third-order valence-electron chi connectivity index (χ3n) is 5.32. The molecule has 1 N–H and O–H groups in total. The van der Waals surface area contributed by atoms with Gasteiger partial charge in [0.15, 0.2) is 5.13 Å². The Morgan fingerprint density at radius 1 is 1.11 bits per heavy atom. The van der Waals surface area contributed by atoms with Crippen molar-refractivity contribution < 1.29 is 13.2 Å². The molecular formula is C19H24N4O3S2. The molecule has 1 aromatic carbocycles. The number of sulfonamides is 1. The van der Waals surface area contributed by atoms with Gasteiger partial charge in [0.25, 0.3) is 0 Å². The summed E-state index contributed by atoms with van der Waals surface area (Å²) in [4.78, 5) is 18.6. The summed E-state index contributed by atoms with van der Waals surface area (Å²) in [7, 11) is -3.54. The molecule has 0 atom stereocenters. The van der Waals surface area contributed by atoms with Crippen LogP contribution in [0.1, 0.15) is 29.7 Å². The Bertz CT molecular complexity index is 979. The maximum absolute atomic E-state index is 13.0. The van der Waals surface area contributed by atoms with Gasteiger partial charge in [-0.15, -0.1) is 11.3 Å². The van der Waals surface area contributed by atoms with Crippen molar-refractivity contribution in [3.63, 3.8) is 0 Å². The summed E-state index contributed by atoms with van der Waals surface area (Å²) in [5, 5.41) is 5.21. The van der Waals surface area contributed by atoms with Crippen LogP contribution in [-0.2, 0) is 22.9 Å². The number of carbonyl (C=O) groups excluding carboxylic acids is 1. The van der Waals surface area contributed by atoms with Gasteiger partial charge in [-0.3, -0.25) is 5.32 Å². The second-order valence-corrected chi connectivity index (χ2v) is 10.0. The summed E-state index contributed by atoms with van der Waals surface area (Å²) in [5.41, 5.74) is 3.29. The molecule has 2 aliphatic rings. The van der Waals surface area contributed by atoms with Gasteiger partial charge in [-0.1, -0.05) is 6.07 Å². The number of aryl methyl sites for hydroxylation is 3. The molecule has 9 heteroatoms. The van der Waals surface area contributed by atoms with Crippen LogP contribution in [0.25, 0.3) is 0 Å². The average molecular weight is 421 g/mol. The van der Waals surface area contributed by atoms with E-state index in [-0.39, 0.29) is 6.03 Å². The van der Waals surface area contributed by atoms with Crippen molar-refractivity contribution in [3.05, 3.63) is 40.4 Å². The van der Waals surface area contributed by atoms with Crippen molar-refractivity contribution in [2.45, 2.75) is 37.5 Å². The van der Waals surface area contributed by atoms with Gasteiger partial charge in [0.2, 0.25) is 10.0 Å². The van der Waals surface area contributed by atoms with Gasteiger partial charge in [0.05, 0.1) is 10.6 Å². The number of urea groups is 1. The molecule has 1 aliphatic heterocycles. The largest absolute Gasteiger partial charge is 0.323 e. The monoisotopic (exact) mass is 420 g/mol. The van der Waals surface area contributed by atoms with Gasteiger partial charge >= 0.3 is 6.03 Å². The zero-order valence-electron chi connectivity index (χ0n) is 15.8. The number of amides is 2. The van der Waals surface area contributed by atoms with Crippen LogP contribution >= 0.6 is 11.3 Å². The van der Waals surface area contributed by atoms with Crippen molar-refractivity contribution in [2.75, 3.05) is 31.5 Å². The van der Waals surface area contributed by atoms with E-state index in [0.29, 0.717) is 36.2 Å². The maximum Gasteiger partial charge on any atom is 0.323 e. The number of nitrogens with zero attached hydrogens (tertiary/aromatic N) is 3. The minimum atomic E-state index is -3.54. The molecule has 7 nitrogen and oxygen atoms in total. The first-order valence-electron chi connectivity index (χ1n) is 9.53. The summed E-state index contributed by atoms with van der Waals surface area (Å²) in [6, 6.07) is 5.29. The number of nitrogens with one attached hydrogen (secondary N) is 1. The lowest BCUT2D eigenvalue weighted by Gasteiger charge is -2.34. The van der Waals surface area contributed by atoms with Crippen molar-refractivity contribution >= 4 is 32.5 Å². The Morgan fingerprint density at radius 2 is 1.82 bits per heavy atom. The van der Waals surface area contributed by atoms with Gasteiger partial charge in [0, 0.05) is 31.6 Å². The minimum Gasteiger partial charge on any atom is -0.322 e. The van der Waals surface area contributed by atoms with E-state index in [0.717, 1.165) is 30.5 Å². The molecule has 0 saturated carbocycles. The van der Waals surface area contributed by atoms with Crippen molar-refractivity contribution in [2.24, 2.45) is 0 Å². The molecule has 2 amide bonds. The number of thiazole rings is 1. The highest BCUT2D eigenvalue weighted by atomic mass is 32.2. The summed E-state index contributed by atoms with van der Waals surface area (Å²) in [6.07, 6.45) is 4.26. The first-order chi connectivity index (χ1) is 13.4. The van der Waals surface area contributed by atoms with E-state index < -0.39 is 10.0 Å². The second kappa shape index (κ2) is 7.81. The smallest absolute Gasteiger partial charge is 0.322 e. The number of anilines is 1. The lowest BCUT2D eigenvalue weighted by Crippen LogP contribution is -2.51. The van der Waals surface area contributed by atoms with E-state index in [1.54, 1.807) is 11.0 Å². The lowest BCUT2D eigenvalue weighted by atomic mass is 9.92. The molecule has 0 spiro atoms. The Balaban J connectivity index is 1.40. The molecule has 2 aromatic rings. The first-order valence-corrected chi connectivity index (χ1v) is 11.9. The Labute approximate surface area is 169 Å². The Hall–Kier alpha value is -1.97. The number of piperazine rings is 1. The van der Waals surface area contributed by atoms with Crippen molar-refractivity contribution in [1.82, 2.24) is 14.2 Å². The minimum absolute atomic E-state index is 0.236. The fraction of sp³-hybridized carbons (Fsp3) is 0.474. The predicted octanol–water partition coefficient (Wildman–Crippen LogP) is 2.87. The normalized spacial score (nSPS) is 18.0. The summed E-state index contributed by atoms with van der Waals surface area (Å²) < 4.78 is 27.6. The molecule has 2 heterocycles. The van der Waals surface area contributed by atoms with Crippen LogP contribution in [-0.4, -0.2) is 54.8 Å². The molecule has 150 valence electrons. The fourth-order valence-electron chi connectivity index (χ4n) is 3.73. The van der Waals surface area contributed by atoms with Crippen LogP contribution in [0.4, 0.5) is 9.93 Å². The predicted molar refractivity (Wildman–Crippen MR) is 109 cm³/mol. The molecule has 1 saturated heterocycles. The van der Waals surface area contributed by atoms with Crippen LogP contribution in [0.5, 0.6) is 0 Å². The highest BCUT2D eigenvalue weighted by molar-refractivity contribution is 7.89. The van der Waals surface area contributed by atoms with E-state index in [9.17, 15) is 13.2 Å². The summed E-state index contributed by atoms with van der Waals surface area (Å²) in [6.45, 7) is 3.19. The molecule has 0 unspecified atom stereocenters. The molecule has 1 aromatic heterocycles. The third-order valence-corrected chi connectivity index (χ3v) is 8.09. The molecule has 0 radical (unpaired) electrons. The molecule has 1 fully saturated rings. The second-order valence-electron chi connectivity index (χ2n) is 7.25. The molecule has 1 aliphatic carbocycles. The number of hydrogen-bond donors (Lipinski definition) is 1. The van der Waals surface area contributed by atoms with Gasteiger partial charge < -0.3 is 4.90 Å². The van der Waals surface area contributed by atoms with Crippen LogP contribution in [0.15, 0.2) is 28.5 Å². The van der Waals surface area contributed by atoms with E-state index in [4.69, 9.17) is 0 Å². The summed E-state index contributed by atoms with van der Waals surface area (Å²) >= 11 is 1.38. The van der Waals surface area contributed by atoms with Crippen LogP contribution in [0, 0.1) is 6.92 Å². The average Bonchev–Trinajstić information content (AvgIpc) is 3.12. The van der Waals surface area contributed by atoms with E-state index in [1.807, 2.05) is 24.4 Å². The highest BCUT2D eigenvalue weighted by Crippen LogP contribution is 2.26. The highest BCUT2D eigenvalue weighted by Gasteiger charge is 2.31. The quantitative estimate of drug-likeness (QED) is 0.828. The lowest BCUT2D eigenvalue weighted by molar-refractivity contribution is 0.184. The van der Waals surface area contributed by atoms with E-state index in [1.165, 1.54) is 27.6 Å². The van der Waals surface area contributed by atoms with Crippen LogP contribution in [0.3, 0.4) is 0 Å². The zero-order valence-corrected chi connectivity index (χ0v) is 17.5. The molecule has 28 heavy (non-hydrogen) atoms. The number of carbonyl (C=O) groups is 1. The van der Waals surface area contributed by atoms with E-state index >= 15 is 0 Å². The number of rotatable bonds is 3. The van der Waals surface area contributed by atoms with Gasteiger partial charge in [0.1, 0.15) is 0 Å². The molecule has 0 bridgehead atoms. The number of hydrogen-bond acceptors (Lipinski definition) is 5. The zero-order chi connectivity index (χ0) is 19.7. The van der Waals surface area contributed by atoms with E-state index in [2.05, 4.69) is 10.3 Å². The standard InChI is InChI=1S/C19H24N4O3S2/c1-14-13-27-18(20-14)21-19(24)22-8-10-23(11-9-22)28(25,26)17-7-6-15-4-2-3-5-16(15)12-17/h6-7,12-13H,2-5,8-11H2,1H3,(H,20,21,24). The van der Waals surface area contributed by atoms with Gasteiger partial charge in [-0.05, 0) is 55.9 Å². The Morgan fingerprint density at radius 3 is 2.50 bits per heavy atom. The van der Waals surface area contributed by atoms with Crippen LogP contribution < -0.4 is 5.32 Å².